The molecule has 1 aromatic carbocycles. The Bertz CT molecular complexity index is 1150. The normalized spacial score (nSPS) is 21.4. The number of aromatic nitrogens is 3. The lowest BCUT2D eigenvalue weighted by molar-refractivity contribution is -0.154. The van der Waals surface area contributed by atoms with Crippen molar-refractivity contribution in [3.8, 4) is 6.01 Å². The fourth-order valence-electron chi connectivity index (χ4n) is 4.40. The summed E-state index contributed by atoms with van der Waals surface area (Å²) in [4.78, 5) is 14.6. The summed E-state index contributed by atoms with van der Waals surface area (Å²) in [5.41, 5.74) is 1.72. The highest BCUT2D eigenvalue weighted by atomic mass is 32.2. The van der Waals surface area contributed by atoms with E-state index in [2.05, 4.69) is 30.5 Å². The molecule has 204 valence electrons. The molecule has 0 unspecified atom stereocenters. The van der Waals surface area contributed by atoms with E-state index in [1.54, 1.807) is 0 Å². The molecular formula is C23H31F3N6O4S. The number of hydrogen-bond acceptors (Lipinski definition) is 10. The summed E-state index contributed by atoms with van der Waals surface area (Å²) in [6.45, 7) is 2.26. The van der Waals surface area contributed by atoms with Gasteiger partial charge in [-0.3, -0.25) is 4.90 Å². The molecule has 1 aliphatic carbocycles. The predicted octanol–water partition coefficient (Wildman–Crippen LogP) is 3.16. The first-order valence-electron chi connectivity index (χ1n) is 12.1. The summed E-state index contributed by atoms with van der Waals surface area (Å²) in [5, 5.41) is 5.75. The third-order valence-electron chi connectivity index (χ3n) is 6.29. The van der Waals surface area contributed by atoms with Crippen LogP contribution in [0.15, 0.2) is 24.3 Å². The first kappa shape index (κ1) is 27.3. The monoisotopic (exact) mass is 544 g/mol. The predicted molar refractivity (Wildman–Crippen MR) is 132 cm³/mol. The van der Waals surface area contributed by atoms with Gasteiger partial charge >= 0.3 is 12.2 Å². The number of alkyl halides is 3. The van der Waals surface area contributed by atoms with Gasteiger partial charge in [-0.2, -0.15) is 28.1 Å². The Morgan fingerprint density at radius 2 is 1.78 bits per heavy atom. The summed E-state index contributed by atoms with van der Waals surface area (Å²) >= 11 is 0. The molecule has 4 rings (SSSR count). The van der Waals surface area contributed by atoms with Crippen LogP contribution < -0.4 is 15.4 Å². The van der Waals surface area contributed by atoms with Gasteiger partial charge in [-0.05, 0) is 43.4 Å². The van der Waals surface area contributed by atoms with E-state index in [4.69, 9.17) is 9.47 Å². The quantitative estimate of drug-likeness (QED) is 0.487. The van der Waals surface area contributed by atoms with Crippen molar-refractivity contribution < 1.29 is 31.1 Å². The maximum atomic E-state index is 12.7. The fraction of sp³-hybridized carbons (Fsp3) is 0.609. The lowest BCUT2D eigenvalue weighted by atomic mass is 9.95. The van der Waals surface area contributed by atoms with Crippen LogP contribution in [-0.4, -0.2) is 84.9 Å². The van der Waals surface area contributed by atoms with Crippen molar-refractivity contribution in [3.05, 3.63) is 29.8 Å². The van der Waals surface area contributed by atoms with Gasteiger partial charge in [0, 0.05) is 37.6 Å². The van der Waals surface area contributed by atoms with Crippen molar-refractivity contribution in [2.24, 2.45) is 0 Å². The second-order valence-corrected chi connectivity index (χ2v) is 11.7. The van der Waals surface area contributed by atoms with E-state index in [1.165, 1.54) is 6.26 Å². The van der Waals surface area contributed by atoms with Crippen LogP contribution >= 0.6 is 0 Å². The van der Waals surface area contributed by atoms with Crippen LogP contribution in [0, 0.1) is 0 Å². The van der Waals surface area contributed by atoms with E-state index < -0.39 is 33.9 Å². The zero-order valence-electron chi connectivity index (χ0n) is 20.5. The lowest BCUT2D eigenvalue weighted by Gasteiger charge is -2.28. The maximum Gasteiger partial charge on any atom is 0.422 e. The first-order valence-corrected chi connectivity index (χ1v) is 14.1. The van der Waals surface area contributed by atoms with Crippen LogP contribution in [0.5, 0.6) is 6.01 Å². The zero-order valence-corrected chi connectivity index (χ0v) is 21.3. The average Bonchev–Trinajstić information content (AvgIpc) is 2.83. The van der Waals surface area contributed by atoms with E-state index in [0.29, 0.717) is 44.6 Å². The molecule has 1 saturated carbocycles. The van der Waals surface area contributed by atoms with Crippen LogP contribution in [0.1, 0.15) is 31.2 Å². The molecular weight excluding hydrogens is 513 g/mol. The molecule has 2 aromatic rings. The number of halogens is 3. The summed E-state index contributed by atoms with van der Waals surface area (Å²) in [6, 6.07) is 7.01. The van der Waals surface area contributed by atoms with Crippen molar-refractivity contribution in [2.75, 3.05) is 49.8 Å². The maximum absolute atomic E-state index is 12.7. The van der Waals surface area contributed by atoms with E-state index >= 15 is 0 Å². The molecule has 37 heavy (non-hydrogen) atoms. The smallest absolute Gasteiger partial charge is 0.422 e. The molecule has 0 atom stereocenters. The number of ether oxygens (including phenoxy) is 2. The standard InChI is InChI=1S/C23H31F3N6O4S/c1-37(33,34)19-7-5-17(6-8-19)27-20-29-21(31-22(30-20)36-15-23(24,25)26)28-18-4-2-3-16(13-18)14-32-9-11-35-12-10-32/h2-4,13,17,19H,5-12,14-15H2,1H3,(H2,27,28,29,30,31). The Hall–Kier alpha value is -2.71. The van der Waals surface area contributed by atoms with Gasteiger partial charge in [0.2, 0.25) is 11.9 Å². The minimum atomic E-state index is -4.55. The van der Waals surface area contributed by atoms with Crippen molar-refractivity contribution in [3.63, 3.8) is 0 Å². The van der Waals surface area contributed by atoms with Gasteiger partial charge in [0.25, 0.3) is 0 Å². The molecule has 1 saturated heterocycles. The number of nitrogens with one attached hydrogen (secondary N) is 2. The molecule has 1 aromatic heterocycles. The van der Waals surface area contributed by atoms with E-state index in [1.807, 2.05) is 24.3 Å². The number of sulfone groups is 1. The van der Waals surface area contributed by atoms with Gasteiger partial charge in [-0.25, -0.2) is 8.42 Å². The third-order valence-corrected chi connectivity index (χ3v) is 7.97. The second kappa shape index (κ2) is 11.8. The molecule has 0 spiro atoms. The SMILES string of the molecule is CS(=O)(=O)C1CCC(Nc2nc(Nc3cccc(CN4CCOCC4)c3)nc(OCC(F)(F)F)n2)CC1. The van der Waals surface area contributed by atoms with E-state index in [0.717, 1.165) is 25.2 Å². The van der Waals surface area contributed by atoms with Crippen molar-refractivity contribution >= 4 is 27.4 Å². The topological polar surface area (TPSA) is 119 Å². The Balaban J connectivity index is 1.47. The van der Waals surface area contributed by atoms with Crippen LogP contribution in [0.4, 0.5) is 30.8 Å². The molecule has 1 aliphatic heterocycles. The minimum Gasteiger partial charge on any atom is -0.454 e. The van der Waals surface area contributed by atoms with Crippen LogP contribution in [-0.2, 0) is 21.1 Å². The molecule has 2 aliphatic rings. The fourth-order valence-corrected chi connectivity index (χ4v) is 5.53. The van der Waals surface area contributed by atoms with Gasteiger partial charge in [0.1, 0.15) is 9.84 Å². The molecule has 0 amide bonds. The van der Waals surface area contributed by atoms with Gasteiger partial charge in [0.05, 0.1) is 18.5 Å². The molecule has 2 N–H and O–H groups in total. The zero-order chi connectivity index (χ0) is 26.5. The highest BCUT2D eigenvalue weighted by Gasteiger charge is 2.30. The summed E-state index contributed by atoms with van der Waals surface area (Å²) in [7, 11) is -3.12. The van der Waals surface area contributed by atoms with Crippen molar-refractivity contribution in [2.45, 2.75) is 49.7 Å². The minimum absolute atomic E-state index is 0.0306. The third kappa shape index (κ3) is 8.68. The number of hydrogen-bond donors (Lipinski definition) is 2. The van der Waals surface area contributed by atoms with Gasteiger partial charge in [-0.1, -0.05) is 12.1 Å². The van der Waals surface area contributed by atoms with E-state index in [9.17, 15) is 21.6 Å². The van der Waals surface area contributed by atoms with Crippen LogP contribution in [0.3, 0.4) is 0 Å². The Morgan fingerprint density at radius 3 is 2.46 bits per heavy atom. The highest BCUT2D eigenvalue weighted by molar-refractivity contribution is 7.91. The summed E-state index contributed by atoms with van der Waals surface area (Å²) in [6.07, 6.45) is -1.22. The Morgan fingerprint density at radius 1 is 1.08 bits per heavy atom. The van der Waals surface area contributed by atoms with Gasteiger partial charge in [-0.15, -0.1) is 0 Å². The lowest BCUT2D eigenvalue weighted by Crippen LogP contribution is -2.35. The average molecular weight is 545 g/mol. The largest absolute Gasteiger partial charge is 0.454 e. The number of anilines is 3. The van der Waals surface area contributed by atoms with Gasteiger partial charge < -0.3 is 20.1 Å². The molecule has 0 bridgehead atoms. The summed E-state index contributed by atoms with van der Waals surface area (Å²) in [5.74, 6) is 0.0879. The first-order chi connectivity index (χ1) is 17.5. The van der Waals surface area contributed by atoms with E-state index in [-0.39, 0.29) is 17.9 Å². The van der Waals surface area contributed by atoms with Crippen LogP contribution in [0.2, 0.25) is 0 Å². The molecule has 2 fully saturated rings. The Labute approximate surface area is 213 Å². The number of benzene rings is 1. The van der Waals surface area contributed by atoms with Crippen molar-refractivity contribution in [1.29, 1.82) is 0 Å². The molecule has 10 nitrogen and oxygen atoms in total. The Kier molecular flexibility index (Phi) is 8.70. The van der Waals surface area contributed by atoms with Crippen LogP contribution in [0.25, 0.3) is 0 Å². The number of rotatable bonds is 9. The van der Waals surface area contributed by atoms with Crippen molar-refractivity contribution in [1.82, 2.24) is 19.9 Å². The second-order valence-electron chi connectivity index (χ2n) is 9.33. The number of morpholine rings is 1. The molecule has 0 radical (unpaired) electrons. The highest BCUT2D eigenvalue weighted by Crippen LogP contribution is 2.27. The summed E-state index contributed by atoms with van der Waals surface area (Å²) < 4.78 is 72.1. The number of nitrogens with zero attached hydrogens (tertiary/aromatic N) is 4. The molecule has 14 heteroatoms. The van der Waals surface area contributed by atoms with Gasteiger partial charge in [0.15, 0.2) is 6.61 Å². The molecule has 2 heterocycles.